The minimum atomic E-state index is 0.309. The van der Waals surface area contributed by atoms with Gasteiger partial charge in [-0.15, -0.1) is 0 Å². The number of ether oxygens (including phenoxy) is 1. The standard InChI is InChI=1S/C29H36N8O/c1-35-14-16-36(17-15-35)22-6-8-23(9-7-22)37-29-26(28(31)32-19-33-29)27(34-37)21-4-12-25(13-5-21)38-24-10-2-20(18-30)3-11-24/h2-5,10-13,19,22-23H,6-9,14-18,30H2,1H3,(H2,31,32,33). The van der Waals surface area contributed by atoms with Gasteiger partial charge in [-0.1, -0.05) is 12.1 Å². The number of aromatic nitrogens is 4. The second kappa shape index (κ2) is 10.7. The third kappa shape index (κ3) is 4.97. The molecule has 198 valence electrons. The van der Waals surface area contributed by atoms with Gasteiger partial charge in [0.2, 0.25) is 0 Å². The van der Waals surface area contributed by atoms with Crippen molar-refractivity contribution < 1.29 is 4.74 Å². The van der Waals surface area contributed by atoms with Crippen LogP contribution in [-0.4, -0.2) is 68.8 Å². The number of hydrogen-bond acceptors (Lipinski definition) is 8. The van der Waals surface area contributed by atoms with Gasteiger partial charge in [0.05, 0.1) is 11.4 Å². The highest BCUT2D eigenvalue weighted by molar-refractivity contribution is 5.98. The molecule has 0 radical (unpaired) electrons. The van der Waals surface area contributed by atoms with E-state index in [4.69, 9.17) is 21.3 Å². The number of anilines is 1. The van der Waals surface area contributed by atoms with E-state index in [0.29, 0.717) is 24.4 Å². The largest absolute Gasteiger partial charge is 0.457 e. The second-order valence-corrected chi connectivity index (χ2v) is 10.5. The average molecular weight is 513 g/mol. The van der Waals surface area contributed by atoms with Crippen molar-refractivity contribution in [2.45, 2.75) is 44.3 Å². The zero-order chi connectivity index (χ0) is 26.1. The van der Waals surface area contributed by atoms with Crippen LogP contribution in [0.2, 0.25) is 0 Å². The molecule has 2 fully saturated rings. The van der Waals surface area contributed by atoms with Crippen molar-refractivity contribution in [3.63, 3.8) is 0 Å². The number of piperazine rings is 1. The number of benzene rings is 2. The van der Waals surface area contributed by atoms with E-state index in [0.717, 1.165) is 65.3 Å². The summed E-state index contributed by atoms with van der Waals surface area (Å²) in [5.41, 5.74) is 15.7. The first-order chi connectivity index (χ1) is 18.6. The van der Waals surface area contributed by atoms with E-state index in [-0.39, 0.29) is 0 Å². The molecule has 3 heterocycles. The molecule has 9 heteroatoms. The SMILES string of the molecule is CN1CCN(C2CCC(n3nc(-c4ccc(Oc5ccc(CN)cc5)cc4)c4c(N)ncnc43)CC2)CC1. The summed E-state index contributed by atoms with van der Waals surface area (Å²) in [7, 11) is 2.21. The summed E-state index contributed by atoms with van der Waals surface area (Å²) in [4.78, 5) is 14.0. The lowest BCUT2D eigenvalue weighted by molar-refractivity contribution is 0.0815. The third-order valence-electron chi connectivity index (χ3n) is 8.11. The molecule has 4 N–H and O–H groups in total. The average Bonchev–Trinajstić information content (AvgIpc) is 3.35. The summed E-state index contributed by atoms with van der Waals surface area (Å²) in [6.07, 6.45) is 6.09. The number of likely N-dealkylation sites (N-methyl/N-ethyl adjacent to an activating group) is 1. The minimum Gasteiger partial charge on any atom is -0.457 e. The third-order valence-corrected chi connectivity index (χ3v) is 8.11. The molecular weight excluding hydrogens is 476 g/mol. The summed E-state index contributed by atoms with van der Waals surface area (Å²) in [5, 5.41) is 5.90. The van der Waals surface area contributed by atoms with Crippen molar-refractivity contribution >= 4 is 16.9 Å². The van der Waals surface area contributed by atoms with Crippen molar-refractivity contribution in [1.82, 2.24) is 29.5 Å². The van der Waals surface area contributed by atoms with Gasteiger partial charge >= 0.3 is 0 Å². The van der Waals surface area contributed by atoms with Gasteiger partial charge in [0.1, 0.15) is 29.3 Å². The first kappa shape index (κ1) is 24.8. The van der Waals surface area contributed by atoms with Gasteiger partial charge in [0.15, 0.2) is 5.65 Å². The molecule has 0 spiro atoms. The van der Waals surface area contributed by atoms with Gasteiger partial charge in [-0.25, -0.2) is 14.6 Å². The van der Waals surface area contributed by atoms with E-state index in [1.807, 2.05) is 48.5 Å². The summed E-state index contributed by atoms with van der Waals surface area (Å²) in [6.45, 7) is 5.17. The number of hydrogen-bond donors (Lipinski definition) is 2. The maximum absolute atomic E-state index is 6.38. The lowest BCUT2D eigenvalue weighted by atomic mass is 9.90. The number of nitrogen functional groups attached to an aromatic ring is 1. The minimum absolute atomic E-state index is 0.309. The van der Waals surface area contributed by atoms with Gasteiger partial charge in [-0.2, -0.15) is 5.10 Å². The lowest BCUT2D eigenvalue weighted by Gasteiger charge is -2.41. The van der Waals surface area contributed by atoms with Crippen LogP contribution < -0.4 is 16.2 Å². The highest BCUT2D eigenvalue weighted by Crippen LogP contribution is 2.37. The van der Waals surface area contributed by atoms with E-state index < -0.39 is 0 Å². The Kier molecular flexibility index (Phi) is 6.97. The van der Waals surface area contributed by atoms with E-state index in [9.17, 15) is 0 Å². The summed E-state index contributed by atoms with van der Waals surface area (Å²) < 4.78 is 8.13. The summed E-state index contributed by atoms with van der Waals surface area (Å²) >= 11 is 0. The topological polar surface area (TPSA) is 111 Å². The van der Waals surface area contributed by atoms with Crippen LogP contribution in [0.1, 0.15) is 37.3 Å². The van der Waals surface area contributed by atoms with Crippen LogP contribution in [0, 0.1) is 0 Å². The molecule has 4 aromatic rings. The maximum atomic E-state index is 6.38. The predicted molar refractivity (Wildman–Crippen MR) is 150 cm³/mol. The molecule has 38 heavy (non-hydrogen) atoms. The lowest BCUT2D eigenvalue weighted by Crippen LogP contribution is -2.49. The smallest absolute Gasteiger partial charge is 0.164 e. The van der Waals surface area contributed by atoms with Crippen molar-refractivity contribution in [1.29, 1.82) is 0 Å². The zero-order valence-corrected chi connectivity index (χ0v) is 22.0. The van der Waals surface area contributed by atoms with E-state index in [2.05, 4.69) is 31.5 Å². The van der Waals surface area contributed by atoms with Crippen LogP contribution in [0.15, 0.2) is 54.9 Å². The number of rotatable bonds is 6. The molecule has 0 amide bonds. The quantitative estimate of drug-likeness (QED) is 0.398. The van der Waals surface area contributed by atoms with Crippen LogP contribution >= 0.6 is 0 Å². The van der Waals surface area contributed by atoms with Gasteiger partial charge in [-0.3, -0.25) is 4.90 Å². The number of nitrogens with zero attached hydrogens (tertiary/aromatic N) is 6. The molecule has 6 rings (SSSR count). The summed E-state index contributed by atoms with van der Waals surface area (Å²) in [5.74, 6) is 1.99. The van der Waals surface area contributed by atoms with Crippen LogP contribution in [0.4, 0.5) is 5.82 Å². The van der Waals surface area contributed by atoms with E-state index >= 15 is 0 Å². The predicted octanol–water partition coefficient (Wildman–Crippen LogP) is 4.06. The fourth-order valence-electron chi connectivity index (χ4n) is 5.82. The van der Waals surface area contributed by atoms with Gasteiger partial charge in [-0.05, 0) is 74.7 Å². The van der Waals surface area contributed by atoms with Crippen molar-refractivity contribution in [3.8, 4) is 22.8 Å². The first-order valence-corrected chi connectivity index (χ1v) is 13.6. The molecule has 1 saturated carbocycles. The highest BCUT2D eigenvalue weighted by atomic mass is 16.5. The molecule has 1 aliphatic carbocycles. The second-order valence-electron chi connectivity index (χ2n) is 10.5. The first-order valence-electron chi connectivity index (χ1n) is 13.6. The van der Waals surface area contributed by atoms with E-state index in [1.54, 1.807) is 6.33 Å². The Balaban J connectivity index is 1.22. The molecular formula is C29H36N8O. The fourth-order valence-corrected chi connectivity index (χ4v) is 5.82. The van der Waals surface area contributed by atoms with Gasteiger partial charge in [0, 0.05) is 44.3 Å². The van der Waals surface area contributed by atoms with Crippen LogP contribution in [0.25, 0.3) is 22.3 Å². The fraction of sp³-hybridized carbons (Fsp3) is 0.414. The normalized spacial score (nSPS) is 21.1. The van der Waals surface area contributed by atoms with Crippen molar-refractivity contribution in [2.24, 2.45) is 5.73 Å². The zero-order valence-electron chi connectivity index (χ0n) is 22.0. The van der Waals surface area contributed by atoms with Crippen LogP contribution in [0.3, 0.4) is 0 Å². The van der Waals surface area contributed by atoms with Gasteiger partial charge < -0.3 is 21.1 Å². The molecule has 2 aromatic carbocycles. The van der Waals surface area contributed by atoms with Crippen molar-refractivity contribution in [3.05, 3.63) is 60.4 Å². The Bertz CT molecular complexity index is 1370. The van der Waals surface area contributed by atoms with Crippen molar-refractivity contribution in [2.75, 3.05) is 39.0 Å². The van der Waals surface area contributed by atoms with E-state index in [1.165, 1.54) is 25.9 Å². The molecule has 0 unspecified atom stereocenters. The molecule has 9 nitrogen and oxygen atoms in total. The molecule has 1 aliphatic heterocycles. The number of nitrogens with two attached hydrogens (primary N) is 2. The molecule has 2 aromatic heterocycles. The number of fused-ring (bicyclic) bond motifs is 1. The Labute approximate surface area is 223 Å². The molecule has 0 bridgehead atoms. The Morgan fingerprint density at radius 3 is 2.13 bits per heavy atom. The Morgan fingerprint density at radius 1 is 0.842 bits per heavy atom. The molecule has 0 atom stereocenters. The Morgan fingerprint density at radius 2 is 1.47 bits per heavy atom. The summed E-state index contributed by atoms with van der Waals surface area (Å²) in [6, 6.07) is 16.7. The molecule has 1 saturated heterocycles. The maximum Gasteiger partial charge on any atom is 0.164 e. The van der Waals surface area contributed by atoms with Crippen LogP contribution in [0.5, 0.6) is 11.5 Å². The highest BCUT2D eigenvalue weighted by Gasteiger charge is 2.30. The van der Waals surface area contributed by atoms with Crippen LogP contribution in [-0.2, 0) is 6.54 Å². The van der Waals surface area contributed by atoms with Gasteiger partial charge in [0.25, 0.3) is 0 Å². The molecule has 2 aliphatic rings. The monoisotopic (exact) mass is 512 g/mol. The Hall–Kier alpha value is -3.53.